The van der Waals surface area contributed by atoms with Crippen molar-refractivity contribution in [1.29, 1.82) is 0 Å². The van der Waals surface area contributed by atoms with Gasteiger partial charge in [-0.2, -0.15) is 0 Å². The number of carbonyl (C=O) groups is 1. The van der Waals surface area contributed by atoms with Crippen LogP contribution in [0.4, 0.5) is 0 Å². The summed E-state index contributed by atoms with van der Waals surface area (Å²) in [6.45, 7) is 1.58. The Morgan fingerprint density at radius 2 is 2.00 bits per heavy atom. The molecule has 1 N–H and O–H groups in total. The molecule has 1 aromatic carbocycles. The zero-order valence-electron chi connectivity index (χ0n) is 11.7. The molecule has 0 spiro atoms. The van der Waals surface area contributed by atoms with Crippen molar-refractivity contribution in [3.8, 4) is 0 Å². The molecule has 2 aromatic rings. The van der Waals surface area contributed by atoms with Gasteiger partial charge in [0.25, 0.3) is 0 Å². The van der Waals surface area contributed by atoms with E-state index in [4.69, 9.17) is 0 Å². The van der Waals surface area contributed by atoms with Crippen LogP contribution in [0.5, 0.6) is 0 Å². The quantitative estimate of drug-likeness (QED) is 0.911. The molecule has 1 aromatic heterocycles. The van der Waals surface area contributed by atoms with Crippen LogP contribution < -0.4 is 5.32 Å². The van der Waals surface area contributed by atoms with Crippen molar-refractivity contribution in [3.63, 3.8) is 0 Å². The summed E-state index contributed by atoms with van der Waals surface area (Å²) < 4.78 is 0. The van der Waals surface area contributed by atoms with Crippen molar-refractivity contribution < 1.29 is 4.79 Å². The Labute approximate surface area is 123 Å². The number of rotatable bonds is 3. The Hall–Kier alpha value is -1.61. The summed E-state index contributed by atoms with van der Waals surface area (Å²) in [6, 6.07) is 10.8. The smallest absolute Gasteiger partial charge is 0.217 e. The van der Waals surface area contributed by atoms with Gasteiger partial charge in [-0.25, -0.2) is 0 Å². The third-order valence-electron chi connectivity index (χ3n) is 3.88. The summed E-state index contributed by atoms with van der Waals surface area (Å²) in [6.07, 6.45) is 4.94. The lowest BCUT2D eigenvalue weighted by molar-refractivity contribution is -0.119. The van der Waals surface area contributed by atoms with E-state index >= 15 is 0 Å². The van der Waals surface area contributed by atoms with Crippen LogP contribution in [0, 0.1) is 0 Å². The maximum absolute atomic E-state index is 11.5. The van der Waals surface area contributed by atoms with Crippen LogP contribution in [0.3, 0.4) is 0 Å². The average molecular weight is 285 g/mol. The van der Waals surface area contributed by atoms with E-state index in [1.54, 1.807) is 18.3 Å². The number of fused-ring (bicyclic) bond motifs is 1. The molecule has 0 saturated heterocycles. The molecule has 1 aliphatic carbocycles. The maximum atomic E-state index is 11.5. The minimum atomic E-state index is -0.0141. The number of benzene rings is 1. The Kier molecular flexibility index (Phi) is 3.88. The molecule has 3 heteroatoms. The first kappa shape index (κ1) is 13.4. The van der Waals surface area contributed by atoms with Gasteiger partial charge < -0.3 is 5.32 Å². The van der Waals surface area contributed by atoms with Gasteiger partial charge in [-0.3, -0.25) is 4.79 Å². The summed E-state index contributed by atoms with van der Waals surface area (Å²) in [5.74, 6) is 0.0149. The van der Waals surface area contributed by atoms with E-state index in [0.717, 1.165) is 0 Å². The minimum Gasteiger partial charge on any atom is -0.345 e. The fourth-order valence-electron chi connectivity index (χ4n) is 2.91. The van der Waals surface area contributed by atoms with Crippen LogP contribution >= 0.6 is 11.3 Å². The first-order valence-corrected chi connectivity index (χ1v) is 8.04. The fourth-order valence-corrected chi connectivity index (χ4v) is 3.71. The molecule has 20 heavy (non-hydrogen) atoms. The second-order valence-corrected chi connectivity index (χ2v) is 6.36. The van der Waals surface area contributed by atoms with E-state index in [9.17, 15) is 4.79 Å². The number of aryl methyl sites for hydroxylation is 2. The van der Waals surface area contributed by atoms with Gasteiger partial charge in [0, 0.05) is 11.8 Å². The second kappa shape index (κ2) is 5.80. The van der Waals surface area contributed by atoms with Gasteiger partial charge in [0.15, 0.2) is 0 Å². The summed E-state index contributed by atoms with van der Waals surface area (Å²) in [7, 11) is 0. The molecular formula is C17H19NOS. The van der Waals surface area contributed by atoms with Gasteiger partial charge in [0.1, 0.15) is 0 Å². The van der Waals surface area contributed by atoms with E-state index in [-0.39, 0.29) is 11.9 Å². The molecule has 0 aliphatic heterocycles. The number of hydrogen-bond donors (Lipinski definition) is 1. The maximum Gasteiger partial charge on any atom is 0.217 e. The van der Waals surface area contributed by atoms with Gasteiger partial charge in [0.05, 0.1) is 6.04 Å². The van der Waals surface area contributed by atoms with Crippen molar-refractivity contribution in [2.45, 2.75) is 38.6 Å². The zero-order chi connectivity index (χ0) is 13.9. The van der Waals surface area contributed by atoms with Crippen molar-refractivity contribution in [1.82, 2.24) is 5.32 Å². The first-order valence-electron chi connectivity index (χ1n) is 7.16. The molecule has 0 saturated carbocycles. The van der Waals surface area contributed by atoms with Crippen molar-refractivity contribution in [2.24, 2.45) is 0 Å². The Bertz CT molecular complexity index is 603. The molecule has 104 valence electrons. The van der Waals surface area contributed by atoms with Crippen molar-refractivity contribution in [2.75, 3.05) is 0 Å². The molecule has 0 radical (unpaired) electrons. The monoisotopic (exact) mass is 285 g/mol. The minimum absolute atomic E-state index is 0.0141. The number of nitrogens with one attached hydrogen (secondary N) is 1. The molecule has 1 heterocycles. The van der Waals surface area contributed by atoms with Crippen LogP contribution in [-0.2, 0) is 17.6 Å². The number of thiophene rings is 1. The van der Waals surface area contributed by atoms with Crippen LogP contribution in [0.25, 0.3) is 0 Å². The lowest BCUT2D eigenvalue weighted by Gasteiger charge is -2.21. The highest BCUT2D eigenvalue weighted by Crippen LogP contribution is 2.30. The van der Waals surface area contributed by atoms with E-state index in [1.165, 1.54) is 47.3 Å². The lowest BCUT2D eigenvalue weighted by atomic mass is 9.89. The molecule has 3 rings (SSSR count). The predicted octanol–water partition coefficient (Wildman–Crippen LogP) is 3.85. The molecule has 1 unspecified atom stereocenters. The van der Waals surface area contributed by atoms with Crippen molar-refractivity contribution >= 4 is 17.2 Å². The Balaban J connectivity index is 1.96. The molecular weight excluding hydrogens is 266 g/mol. The highest BCUT2D eigenvalue weighted by atomic mass is 32.1. The van der Waals surface area contributed by atoms with Crippen LogP contribution in [-0.4, -0.2) is 5.91 Å². The van der Waals surface area contributed by atoms with Gasteiger partial charge in [-0.05, 0) is 53.8 Å². The Morgan fingerprint density at radius 1 is 1.20 bits per heavy atom. The largest absolute Gasteiger partial charge is 0.345 e. The van der Waals surface area contributed by atoms with Crippen molar-refractivity contribution in [3.05, 3.63) is 57.3 Å². The number of hydrogen-bond acceptors (Lipinski definition) is 2. The molecule has 2 nitrogen and oxygen atoms in total. The summed E-state index contributed by atoms with van der Waals surface area (Å²) >= 11 is 1.69. The summed E-state index contributed by atoms with van der Waals surface area (Å²) in [5, 5.41) is 5.13. The standard InChI is InChI=1S/C17H19NOS/c1-12(19)18-17(16-7-4-10-20-16)15-9-8-13-5-2-3-6-14(13)11-15/h4,7-11,17H,2-3,5-6H2,1H3,(H,18,19). The second-order valence-electron chi connectivity index (χ2n) is 5.38. The number of amides is 1. The zero-order valence-corrected chi connectivity index (χ0v) is 12.5. The predicted molar refractivity (Wildman–Crippen MR) is 83.1 cm³/mol. The first-order chi connectivity index (χ1) is 9.74. The van der Waals surface area contributed by atoms with E-state index in [0.29, 0.717) is 0 Å². The van der Waals surface area contributed by atoms with Crippen LogP contribution in [0.1, 0.15) is 47.4 Å². The fraction of sp³-hybridized carbons (Fsp3) is 0.353. The highest BCUT2D eigenvalue weighted by molar-refractivity contribution is 7.10. The number of carbonyl (C=O) groups excluding carboxylic acids is 1. The topological polar surface area (TPSA) is 29.1 Å². The SMILES string of the molecule is CC(=O)NC(c1ccc2c(c1)CCCC2)c1cccs1. The molecule has 1 atom stereocenters. The van der Waals surface area contributed by atoms with E-state index in [2.05, 4.69) is 35.0 Å². The molecule has 0 fully saturated rings. The van der Waals surface area contributed by atoms with Crippen LogP contribution in [0.15, 0.2) is 35.7 Å². The van der Waals surface area contributed by atoms with Gasteiger partial charge in [-0.1, -0.05) is 24.3 Å². The van der Waals surface area contributed by atoms with Gasteiger partial charge in [-0.15, -0.1) is 11.3 Å². The third-order valence-corrected chi connectivity index (χ3v) is 4.82. The van der Waals surface area contributed by atoms with Gasteiger partial charge in [0.2, 0.25) is 5.91 Å². The third kappa shape index (κ3) is 2.78. The summed E-state index contributed by atoms with van der Waals surface area (Å²) in [4.78, 5) is 12.7. The lowest BCUT2D eigenvalue weighted by Crippen LogP contribution is -2.26. The highest BCUT2D eigenvalue weighted by Gasteiger charge is 2.18. The van der Waals surface area contributed by atoms with E-state index < -0.39 is 0 Å². The van der Waals surface area contributed by atoms with Crippen LogP contribution in [0.2, 0.25) is 0 Å². The molecule has 1 aliphatic rings. The van der Waals surface area contributed by atoms with Gasteiger partial charge >= 0.3 is 0 Å². The Morgan fingerprint density at radius 3 is 2.70 bits per heavy atom. The normalized spacial score (nSPS) is 15.4. The average Bonchev–Trinajstić information content (AvgIpc) is 2.98. The molecule has 1 amide bonds. The van der Waals surface area contributed by atoms with E-state index in [1.807, 2.05) is 6.07 Å². The summed E-state index contributed by atoms with van der Waals surface area (Å²) in [5.41, 5.74) is 4.14. The molecule has 0 bridgehead atoms.